The lowest BCUT2D eigenvalue weighted by Gasteiger charge is -2.09. The number of ether oxygens (including phenoxy) is 2. The van der Waals surface area contributed by atoms with Gasteiger partial charge in [0, 0.05) is 31.7 Å². The molecule has 9 nitrogen and oxygen atoms in total. The molecule has 0 radical (unpaired) electrons. The average molecular weight is 684 g/mol. The third kappa shape index (κ3) is 5.20. The Kier molecular flexibility index (Phi) is 7.99. The number of pyridine rings is 3. The molecule has 0 aliphatic carbocycles. The number of esters is 2. The van der Waals surface area contributed by atoms with Crippen molar-refractivity contribution in [2.24, 2.45) is 0 Å². The van der Waals surface area contributed by atoms with Crippen molar-refractivity contribution in [2.75, 3.05) is 24.7 Å². The summed E-state index contributed by atoms with van der Waals surface area (Å²) < 4.78 is 10.5. The SMILES string of the molecule is CCOC(=O)c1sc2nc(-c3cccc(-c4cc(-c5cccs5)c5c(N)c(C(=O)OCC)sc5n4)n3)cc(-c3cccs3)c2c1N. The molecule has 0 fully saturated rings. The van der Waals surface area contributed by atoms with Gasteiger partial charge >= 0.3 is 11.9 Å². The molecule has 13 heteroatoms. The van der Waals surface area contributed by atoms with E-state index in [1.54, 1.807) is 36.5 Å². The van der Waals surface area contributed by atoms with Gasteiger partial charge in [-0.1, -0.05) is 18.2 Å². The van der Waals surface area contributed by atoms with Crippen molar-refractivity contribution >= 4 is 89.1 Å². The van der Waals surface area contributed by atoms with Crippen molar-refractivity contribution in [3.63, 3.8) is 0 Å². The maximum absolute atomic E-state index is 12.7. The first-order valence-corrected chi connectivity index (χ1v) is 17.6. The largest absolute Gasteiger partial charge is 0.462 e. The molecule has 0 unspecified atom stereocenters. The monoisotopic (exact) mass is 683 g/mol. The topological polar surface area (TPSA) is 143 Å². The van der Waals surface area contributed by atoms with Crippen molar-refractivity contribution in [2.45, 2.75) is 13.8 Å². The van der Waals surface area contributed by atoms with E-state index >= 15 is 0 Å². The lowest BCUT2D eigenvalue weighted by molar-refractivity contribution is 0.0523. The van der Waals surface area contributed by atoms with Crippen molar-refractivity contribution in [3.8, 4) is 43.7 Å². The van der Waals surface area contributed by atoms with Crippen molar-refractivity contribution < 1.29 is 19.1 Å². The standard InChI is InChI=1S/C33H25N5O4S4/c1-3-41-32(39)28-26(34)24-16(22-10-6-12-43-22)14-20(37-30(24)45-28)18-8-5-9-19(36-18)21-15-17(23-11-7-13-44-23)25-27(35)29(33(40)42-4-2)46-31(25)38-21/h5-15H,3-4,34-35H2,1-2H3. The summed E-state index contributed by atoms with van der Waals surface area (Å²) in [5, 5.41) is 5.42. The van der Waals surface area contributed by atoms with Crippen LogP contribution in [0.15, 0.2) is 65.4 Å². The zero-order valence-electron chi connectivity index (χ0n) is 24.5. The number of aromatic nitrogens is 3. The molecule has 230 valence electrons. The fourth-order valence-corrected chi connectivity index (χ4v) is 8.70. The second kappa shape index (κ2) is 12.2. The molecule has 0 aromatic carbocycles. The van der Waals surface area contributed by atoms with Crippen LogP contribution in [0, 0.1) is 0 Å². The number of carbonyl (C=O) groups excluding carboxylic acids is 2. The van der Waals surface area contributed by atoms with Crippen LogP contribution in [0.3, 0.4) is 0 Å². The molecule has 4 N–H and O–H groups in total. The first-order valence-electron chi connectivity index (χ1n) is 14.2. The fourth-order valence-electron chi connectivity index (χ4n) is 5.17. The van der Waals surface area contributed by atoms with E-state index in [0.29, 0.717) is 53.6 Å². The molecule has 0 spiro atoms. The molecule has 0 bridgehead atoms. The summed E-state index contributed by atoms with van der Waals surface area (Å²) >= 11 is 5.57. The minimum Gasteiger partial charge on any atom is -0.462 e. The number of thiophene rings is 4. The summed E-state index contributed by atoms with van der Waals surface area (Å²) in [5.41, 5.74) is 18.0. The number of hydrogen-bond acceptors (Lipinski definition) is 13. The van der Waals surface area contributed by atoms with E-state index in [1.165, 1.54) is 22.7 Å². The van der Waals surface area contributed by atoms with Crippen LogP contribution in [0.2, 0.25) is 0 Å². The van der Waals surface area contributed by atoms with Gasteiger partial charge in [0.2, 0.25) is 0 Å². The van der Waals surface area contributed by atoms with Crippen LogP contribution in [-0.2, 0) is 9.47 Å². The lowest BCUT2D eigenvalue weighted by Crippen LogP contribution is -2.04. The highest BCUT2D eigenvalue weighted by Crippen LogP contribution is 2.44. The first-order chi connectivity index (χ1) is 22.4. The summed E-state index contributed by atoms with van der Waals surface area (Å²) in [6, 6.07) is 17.6. The molecule has 0 saturated carbocycles. The van der Waals surface area contributed by atoms with Gasteiger partial charge in [0.25, 0.3) is 0 Å². The van der Waals surface area contributed by atoms with Gasteiger partial charge in [0.1, 0.15) is 19.4 Å². The smallest absolute Gasteiger partial charge is 0.350 e. The minimum atomic E-state index is -0.467. The Morgan fingerprint density at radius 2 is 1.11 bits per heavy atom. The average Bonchev–Trinajstić information content (AvgIpc) is 3.88. The number of rotatable bonds is 8. The number of fused-ring (bicyclic) bond motifs is 2. The third-order valence-corrected chi connectivity index (χ3v) is 11.1. The molecule has 0 saturated heterocycles. The van der Waals surface area contributed by atoms with Crippen molar-refractivity contribution in [1.29, 1.82) is 0 Å². The Labute approximate surface area is 279 Å². The Hall–Kier alpha value is -4.69. The van der Waals surface area contributed by atoms with Gasteiger partial charge in [-0.25, -0.2) is 24.5 Å². The van der Waals surface area contributed by atoms with Crippen LogP contribution in [-0.4, -0.2) is 40.1 Å². The maximum Gasteiger partial charge on any atom is 0.350 e. The third-order valence-electron chi connectivity index (χ3n) is 7.17. The number of anilines is 2. The molecular formula is C33H25N5O4S4. The van der Waals surface area contributed by atoms with Gasteiger partial charge in [-0.2, -0.15) is 0 Å². The van der Waals surface area contributed by atoms with Gasteiger partial charge in [0.05, 0.1) is 47.4 Å². The Morgan fingerprint density at radius 3 is 1.50 bits per heavy atom. The van der Waals surface area contributed by atoms with Gasteiger partial charge in [0.15, 0.2) is 0 Å². The Bertz CT molecular complexity index is 2100. The molecule has 7 aromatic heterocycles. The van der Waals surface area contributed by atoms with Gasteiger partial charge in [-0.05, 0) is 61.0 Å². The van der Waals surface area contributed by atoms with Gasteiger partial charge in [-0.15, -0.1) is 45.3 Å². The summed E-state index contributed by atoms with van der Waals surface area (Å²) in [5.74, 6) is -0.935. The van der Waals surface area contributed by atoms with Crippen LogP contribution < -0.4 is 11.5 Å². The maximum atomic E-state index is 12.7. The first kappa shape index (κ1) is 30.0. The van der Waals surface area contributed by atoms with Crippen LogP contribution in [0.5, 0.6) is 0 Å². The van der Waals surface area contributed by atoms with E-state index in [4.69, 9.17) is 35.9 Å². The van der Waals surface area contributed by atoms with E-state index in [2.05, 4.69) is 0 Å². The number of nitrogens with two attached hydrogens (primary N) is 2. The second-order valence-corrected chi connectivity index (χ2v) is 13.9. The predicted molar refractivity (Wildman–Crippen MR) is 189 cm³/mol. The van der Waals surface area contributed by atoms with E-state index in [9.17, 15) is 9.59 Å². The second-order valence-electron chi connectivity index (χ2n) is 9.96. The highest BCUT2D eigenvalue weighted by Gasteiger charge is 2.25. The number of nitrogens with zero attached hydrogens (tertiary/aromatic N) is 3. The highest BCUT2D eigenvalue weighted by molar-refractivity contribution is 7.22. The summed E-state index contributed by atoms with van der Waals surface area (Å²) in [6.45, 7) is 4.01. The zero-order chi connectivity index (χ0) is 31.9. The van der Waals surface area contributed by atoms with E-state index in [1.807, 2.05) is 65.4 Å². The van der Waals surface area contributed by atoms with Crippen LogP contribution in [0.4, 0.5) is 11.4 Å². The molecule has 0 atom stereocenters. The Morgan fingerprint density at radius 1 is 0.652 bits per heavy atom. The normalized spacial score (nSPS) is 11.3. The van der Waals surface area contributed by atoms with Crippen LogP contribution >= 0.6 is 45.3 Å². The molecule has 7 aromatic rings. The van der Waals surface area contributed by atoms with Crippen LogP contribution in [0.25, 0.3) is 64.1 Å². The summed E-state index contributed by atoms with van der Waals surface area (Å²) in [4.78, 5) is 44.2. The molecule has 0 aliphatic heterocycles. The Balaban J connectivity index is 1.39. The number of nitrogen functional groups attached to an aromatic ring is 2. The van der Waals surface area contributed by atoms with Gasteiger partial charge in [-0.3, -0.25) is 0 Å². The number of hydrogen-bond donors (Lipinski definition) is 2. The van der Waals surface area contributed by atoms with Gasteiger partial charge < -0.3 is 20.9 Å². The van der Waals surface area contributed by atoms with Crippen molar-refractivity contribution in [3.05, 3.63) is 75.1 Å². The minimum absolute atomic E-state index is 0.246. The van der Waals surface area contributed by atoms with E-state index in [-0.39, 0.29) is 13.2 Å². The zero-order valence-corrected chi connectivity index (χ0v) is 27.8. The lowest BCUT2D eigenvalue weighted by atomic mass is 10.1. The summed E-state index contributed by atoms with van der Waals surface area (Å²) in [6.07, 6.45) is 0. The molecule has 7 rings (SSSR count). The summed E-state index contributed by atoms with van der Waals surface area (Å²) in [7, 11) is 0. The molecule has 46 heavy (non-hydrogen) atoms. The van der Waals surface area contributed by atoms with Crippen LogP contribution in [0.1, 0.15) is 33.2 Å². The molecule has 7 heterocycles. The molecule has 0 aliphatic rings. The predicted octanol–water partition coefficient (Wildman–Crippen LogP) is 8.61. The highest BCUT2D eigenvalue weighted by atomic mass is 32.1. The fraction of sp³-hybridized carbons (Fsp3) is 0.121. The van der Waals surface area contributed by atoms with Crippen molar-refractivity contribution in [1.82, 2.24) is 15.0 Å². The number of carbonyl (C=O) groups is 2. The van der Waals surface area contributed by atoms with E-state index in [0.717, 1.165) is 31.7 Å². The quantitative estimate of drug-likeness (QED) is 0.150. The molecule has 0 amide bonds. The molecular weight excluding hydrogens is 659 g/mol. The van der Waals surface area contributed by atoms with E-state index < -0.39 is 11.9 Å².